The second-order valence-electron chi connectivity index (χ2n) is 4.39. The number of hydrogen-bond acceptors (Lipinski definition) is 2. The molecule has 0 unspecified atom stereocenters. The molecule has 0 bridgehead atoms. The van der Waals surface area contributed by atoms with E-state index in [0.29, 0.717) is 19.5 Å². The van der Waals surface area contributed by atoms with Gasteiger partial charge in [0.2, 0.25) is 5.91 Å². The maximum Gasteiger partial charge on any atom is 0.250 e. The zero-order valence-corrected chi connectivity index (χ0v) is 12.5. The molecule has 0 fully saturated rings. The topological polar surface area (TPSA) is 51.1 Å². The van der Waals surface area contributed by atoms with Gasteiger partial charge in [-0.25, -0.2) is 0 Å². The zero-order valence-electron chi connectivity index (χ0n) is 10.9. The van der Waals surface area contributed by atoms with Crippen molar-refractivity contribution < 1.29 is 4.79 Å². The molecule has 1 amide bonds. The molecule has 20 heavy (non-hydrogen) atoms. The molecule has 5 heteroatoms. The maximum atomic E-state index is 11.8. The number of pyridine rings is 1. The monoisotopic (exact) mass is 334 g/mol. The van der Waals surface area contributed by atoms with E-state index in [1.54, 1.807) is 22.9 Å². The predicted octanol–water partition coefficient (Wildman–Crippen LogP) is 1.97. The third-order valence-corrected chi connectivity index (χ3v) is 3.32. The lowest BCUT2D eigenvalue weighted by Crippen LogP contribution is -2.31. The highest BCUT2D eigenvalue weighted by molar-refractivity contribution is 9.10. The number of rotatable bonds is 5. The molecular weight excluding hydrogens is 320 g/mol. The molecule has 0 aliphatic heterocycles. The minimum Gasteiger partial charge on any atom is -0.354 e. The molecule has 0 aliphatic rings. The van der Waals surface area contributed by atoms with Crippen LogP contribution in [0.5, 0.6) is 0 Å². The highest BCUT2D eigenvalue weighted by Crippen LogP contribution is 2.11. The average Bonchev–Trinajstić information content (AvgIpc) is 2.41. The van der Waals surface area contributed by atoms with Crippen LogP contribution in [-0.4, -0.2) is 17.0 Å². The molecule has 1 aromatic carbocycles. The Balaban J connectivity index is 1.81. The van der Waals surface area contributed by atoms with Gasteiger partial charge in [0.1, 0.15) is 0 Å². The second kappa shape index (κ2) is 7.05. The van der Waals surface area contributed by atoms with Crippen LogP contribution >= 0.6 is 15.9 Å². The van der Waals surface area contributed by atoms with E-state index in [0.717, 1.165) is 10.0 Å². The fourth-order valence-electron chi connectivity index (χ4n) is 1.86. The number of halogens is 1. The van der Waals surface area contributed by atoms with Crippen LogP contribution in [0, 0.1) is 0 Å². The van der Waals surface area contributed by atoms with Gasteiger partial charge >= 0.3 is 0 Å². The number of nitrogens with zero attached hydrogens (tertiary/aromatic N) is 1. The first-order valence-corrected chi connectivity index (χ1v) is 7.11. The van der Waals surface area contributed by atoms with Gasteiger partial charge < -0.3 is 9.88 Å². The molecule has 1 aromatic heterocycles. The lowest BCUT2D eigenvalue weighted by molar-refractivity contribution is -0.120. The Labute approximate surface area is 125 Å². The molecule has 1 N–H and O–H groups in total. The van der Waals surface area contributed by atoms with Crippen molar-refractivity contribution in [2.24, 2.45) is 0 Å². The third kappa shape index (κ3) is 4.35. The Hall–Kier alpha value is -1.88. The van der Waals surface area contributed by atoms with Crippen LogP contribution < -0.4 is 10.9 Å². The highest BCUT2D eigenvalue weighted by Gasteiger charge is 2.03. The Morgan fingerprint density at radius 1 is 1.20 bits per heavy atom. The van der Waals surface area contributed by atoms with Gasteiger partial charge in [0.25, 0.3) is 5.56 Å². The molecule has 0 saturated carbocycles. The van der Waals surface area contributed by atoms with Crippen LogP contribution in [0.2, 0.25) is 0 Å². The molecule has 0 radical (unpaired) electrons. The van der Waals surface area contributed by atoms with Crippen LogP contribution in [-0.2, 0) is 17.8 Å². The van der Waals surface area contributed by atoms with Gasteiger partial charge in [0, 0.05) is 29.8 Å². The third-order valence-electron chi connectivity index (χ3n) is 2.83. The van der Waals surface area contributed by atoms with Gasteiger partial charge in [0.15, 0.2) is 0 Å². The summed E-state index contributed by atoms with van der Waals surface area (Å²) < 4.78 is 2.53. The molecule has 2 aromatic rings. The summed E-state index contributed by atoms with van der Waals surface area (Å²) >= 11 is 3.37. The molecule has 1 heterocycles. The van der Waals surface area contributed by atoms with Crippen LogP contribution in [0.15, 0.2) is 57.9 Å². The number of amides is 1. The number of aromatic nitrogens is 1. The van der Waals surface area contributed by atoms with Gasteiger partial charge in [-0.05, 0) is 23.8 Å². The van der Waals surface area contributed by atoms with Crippen molar-refractivity contribution in [3.63, 3.8) is 0 Å². The first-order valence-electron chi connectivity index (χ1n) is 6.32. The van der Waals surface area contributed by atoms with Crippen molar-refractivity contribution in [3.8, 4) is 0 Å². The van der Waals surface area contributed by atoms with Crippen molar-refractivity contribution in [3.05, 3.63) is 69.1 Å². The fourth-order valence-corrected chi connectivity index (χ4v) is 2.30. The zero-order chi connectivity index (χ0) is 14.4. The summed E-state index contributed by atoms with van der Waals surface area (Å²) in [6, 6.07) is 12.6. The van der Waals surface area contributed by atoms with Crippen LogP contribution in [0.4, 0.5) is 0 Å². The number of carbonyl (C=O) groups is 1. The molecule has 104 valence electrons. The predicted molar refractivity (Wildman–Crippen MR) is 81.6 cm³/mol. The number of carbonyl (C=O) groups excluding carboxylic acids is 1. The first-order chi connectivity index (χ1) is 9.65. The lowest BCUT2D eigenvalue weighted by Gasteiger charge is -2.07. The van der Waals surface area contributed by atoms with Gasteiger partial charge in [-0.15, -0.1) is 0 Å². The summed E-state index contributed by atoms with van der Waals surface area (Å²) in [6.07, 6.45) is 2.05. The van der Waals surface area contributed by atoms with E-state index >= 15 is 0 Å². The molecule has 0 spiro atoms. The summed E-state index contributed by atoms with van der Waals surface area (Å²) in [7, 11) is 0. The molecule has 2 rings (SSSR count). The molecule has 0 aliphatic carbocycles. The number of nitrogens with one attached hydrogen (secondary N) is 1. The van der Waals surface area contributed by atoms with Gasteiger partial charge in [-0.1, -0.05) is 34.1 Å². The van der Waals surface area contributed by atoms with Crippen molar-refractivity contribution >= 4 is 21.8 Å². The quantitative estimate of drug-likeness (QED) is 0.908. The first kappa shape index (κ1) is 14.5. The van der Waals surface area contributed by atoms with E-state index in [2.05, 4.69) is 21.2 Å². The molecule has 4 nitrogen and oxygen atoms in total. The Morgan fingerprint density at radius 3 is 2.80 bits per heavy atom. The minimum atomic E-state index is -0.0614. The largest absolute Gasteiger partial charge is 0.354 e. The standard InChI is InChI=1S/C15H15BrN2O2/c16-13-5-3-4-12(10-13)11-14(19)17-7-9-18-8-2-1-6-15(18)20/h1-6,8,10H,7,9,11H2,(H,17,19). The van der Waals surface area contributed by atoms with Crippen molar-refractivity contribution in [1.29, 1.82) is 0 Å². The lowest BCUT2D eigenvalue weighted by atomic mass is 10.1. The summed E-state index contributed by atoms with van der Waals surface area (Å²) in [6.45, 7) is 0.917. The van der Waals surface area contributed by atoms with Gasteiger partial charge in [-0.2, -0.15) is 0 Å². The van der Waals surface area contributed by atoms with Crippen molar-refractivity contribution in [1.82, 2.24) is 9.88 Å². The van der Waals surface area contributed by atoms with Crippen LogP contribution in [0.3, 0.4) is 0 Å². The van der Waals surface area contributed by atoms with E-state index in [1.807, 2.05) is 24.3 Å². The number of benzene rings is 1. The summed E-state index contributed by atoms with van der Waals surface area (Å²) in [5.74, 6) is -0.0490. The Bertz CT molecular complexity index is 652. The normalized spacial score (nSPS) is 10.2. The summed E-state index contributed by atoms with van der Waals surface area (Å²) in [5.41, 5.74) is 0.891. The maximum absolute atomic E-state index is 11.8. The van der Waals surface area contributed by atoms with Crippen LogP contribution in [0.1, 0.15) is 5.56 Å². The van der Waals surface area contributed by atoms with Gasteiger partial charge in [0.05, 0.1) is 6.42 Å². The van der Waals surface area contributed by atoms with E-state index in [1.165, 1.54) is 6.07 Å². The van der Waals surface area contributed by atoms with E-state index in [4.69, 9.17) is 0 Å². The van der Waals surface area contributed by atoms with Crippen molar-refractivity contribution in [2.75, 3.05) is 6.54 Å². The average molecular weight is 335 g/mol. The second-order valence-corrected chi connectivity index (χ2v) is 5.30. The van der Waals surface area contributed by atoms with Crippen LogP contribution in [0.25, 0.3) is 0 Å². The van der Waals surface area contributed by atoms with E-state index in [-0.39, 0.29) is 11.5 Å². The minimum absolute atomic E-state index is 0.0490. The molecule has 0 saturated heterocycles. The summed E-state index contributed by atoms with van der Waals surface area (Å²) in [5, 5.41) is 2.81. The highest BCUT2D eigenvalue weighted by atomic mass is 79.9. The van der Waals surface area contributed by atoms with Gasteiger partial charge in [-0.3, -0.25) is 9.59 Å². The Kier molecular flexibility index (Phi) is 5.12. The number of hydrogen-bond donors (Lipinski definition) is 1. The molecule has 0 atom stereocenters. The van der Waals surface area contributed by atoms with Crippen molar-refractivity contribution in [2.45, 2.75) is 13.0 Å². The smallest absolute Gasteiger partial charge is 0.250 e. The van der Waals surface area contributed by atoms with E-state index < -0.39 is 0 Å². The SMILES string of the molecule is O=C(Cc1cccc(Br)c1)NCCn1ccccc1=O. The molecular formula is C15H15BrN2O2. The Morgan fingerprint density at radius 2 is 2.05 bits per heavy atom. The summed E-state index contributed by atoms with van der Waals surface area (Å²) in [4.78, 5) is 23.3. The fraction of sp³-hybridized carbons (Fsp3) is 0.200. The van der Waals surface area contributed by atoms with E-state index in [9.17, 15) is 9.59 Å².